The highest BCUT2D eigenvalue weighted by Gasteiger charge is 2.36. The van der Waals surface area contributed by atoms with E-state index in [1.165, 1.54) is 27.7 Å². The van der Waals surface area contributed by atoms with Crippen LogP contribution < -0.4 is 0 Å². The number of ether oxygens (including phenoxy) is 4. The smallest absolute Gasteiger partial charge is 0.306 e. The first kappa shape index (κ1) is 55.4. The Bertz CT molecular complexity index is 1330. The zero-order valence-corrected chi connectivity index (χ0v) is 35.3. The predicted octanol–water partition coefficient (Wildman–Crippen LogP) is 4.12. The molecule has 0 saturated heterocycles. The molecule has 0 spiro atoms. The van der Waals surface area contributed by atoms with Gasteiger partial charge in [0, 0.05) is 77.0 Å². The fraction of sp³-hybridized carbons (Fsp3) is 0.707. The Morgan fingerprint density at radius 1 is 0.328 bits per heavy atom. The normalized spacial score (nSPS) is 13.8. The van der Waals surface area contributed by atoms with E-state index in [0.29, 0.717) is 0 Å². The number of carbonyl (C=O) groups is 12. The first-order valence-corrected chi connectivity index (χ1v) is 20.2. The number of carboxylic acids is 4. The third-order valence-electron chi connectivity index (χ3n) is 9.74. The molecule has 0 aromatic rings. The SMILES string of the molecule is CC(OC(=O)CCCC(=O)O)C(=O)CCC(CCC(=O)C(C)OC(=O)CCCC(=O)O)(CCC(=O)C(C)OC(=O)CCCC(=O)O)CCC(=O)C(C)OC(=O)CCCC(=O)O. The molecule has 0 aliphatic carbocycles. The predicted molar refractivity (Wildman–Crippen MR) is 208 cm³/mol. The van der Waals surface area contributed by atoms with Crippen molar-refractivity contribution in [3.63, 3.8) is 0 Å². The van der Waals surface area contributed by atoms with Crippen molar-refractivity contribution < 1.29 is 96.9 Å². The van der Waals surface area contributed by atoms with Crippen LogP contribution in [-0.2, 0) is 76.5 Å². The lowest BCUT2D eigenvalue weighted by Crippen LogP contribution is -2.33. The summed E-state index contributed by atoms with van der Waals surface area (Å²) in [5, 5.41) is 35.3. The molecule has 20 nitrogen and oxygen atoms in total. The second-order valence-corrected chi connectivity index (χ2v) is 14.9. The van der Waals surface area contributed by atoms with Crippen molar-refractivity contribution in [2.24, 2.45) is 5.41 Å². The quantitative estimate of drug-likeness (QED) is 0.0508. The van der Waals surface area contributed by atoms with Gasteiger partial charge >= 0.3 is 47.8 Å². The fourth-order valence-electron chi connectivity index (χ4n) is 5.94. The summed E-state index contributed by atoms with van der Waals surface area (Å²) in [7, 11) is 0. The van der Waals surface area contributed by atoms with Gasteiger partial charge < -0.3 is 39.4 Å². The molecule has 0 heterocycles. The van der Waals surface area contributed by atoms with Crippen molar-refractivity contribution in [1.29, 1.82) is 0 Å². The molecule has 0 aliphatic rings. The number of hydrogen-bond acceptors (Lipinski definition) is 16. The molecule has 0 fully saturated rings. The molecule has 0 aliphatic heterocycles. The number of aliphatic carboxylic acids is 4. The van der Waals surface area contributed by atoms with Gasteiger partial charge in [0.05, 0.1) is 0 Å². The van der Waals surface area contributed by atoms with Gasteiger partial charge in [0.2, 0.25) is 0 Å². The minimum absolute atomic E-state index is 0.0313. The third kappa shape index (κ3) is 27.0. The maximum absolute atomic E-state index is 13.3. The van der Waals surface area contributed by atoms with E-state index < -0.39 is 101 Å². The van der Waals surface area contributed by atoms with Gasteiger partial charge in [0.15, 0.2) is 47.5 Å². The Morgan fingerprint density at radius 3 is 0.672 bits per heavy atom. The van der Waals surface area contributed by atoms with Crippen LogP contribution in [0.5, 0.6) is 0 Å². The molecule has 0 amide bonds. The van der Waals surface area contributed by atoms with Crippen LogP contribution in [0.25, 0.3) is 0 Å². The summed E-state index contributed by atoms with van der Waals surface area (Å²) in [6, 6.07) is 0. The molecule has 0 bridgehead atoms. The van der Waals surface area contributed by atoms with Crippen LogP contribution in [0.15, 0.2) is 0 Å². The minimum atomic E-state index is -1.29. The maximum Gasteiger partial charge on any atom is 0.306 e. The Morgan fingerprint density at radius 2 is 0.508 bits per heavy atom. The van der Waals surface area contributed by atoms with Gasteiger partial charge in [-0.15, -0.1) is 0 Å². The Hall–Kier alpha value is -5.56. The zero-order chi connectivity index (χ0) is 46.7. The monoisotopic (exact) mass is 872 g/mol. The summed E-state index contributed by atoms with van der Waals surface area (Å²) >= 11 is 0. The number of rotatable bonds is 36. The molecule has 0 aromatic heterocycles. The van der Waals surface area contributed by atoms with Crippen molar-refractivity contribution in [3.8, 4) is 0 Å². The number of Topliss-reactive ketones (excluding diaryl/α,β-unsaturated/α-hetero) is 4. The standard InChI is InChI=1S/C41H60O20/c1-25(58-37(54)13-5-9-33(46)47)29(42)17-21-41(22-18-30(43)26(2)59-38(55)14-6-10-34(48)49,23-19-31(44)27(3)60-39(56)15-7-11-35(50)51)24-20-32(45)28(4)61-40(57)16-8-12-36(52)53/h25-28H,5-24H2,1-4H3,(H,46,47)(H,48,49)(H,50,51)(H,52,53). The van der Waals surface area contributed by atoms with Gasteiger partial charge in [-0.25, -0.2) is 0 Å². The summed E-state index contributed by atoms with van der Waals surface area (Å²) in [6.07, 6.45) is -9.21. The maximum atomic E-state index is 13.3. The average Bonchev–Trinajstić information content (AvgIpc) is 3.15. The Balaban J connectivity index is 6.45. The molecule has 4 unspecified atom stereocenters. The van der Waals surface area contributed by atoms with Crippen molar-refractivity contribution in [3.05, 3.63) is 0 Å². The van der Waals surface area contributed by atoms with Crippen LogP contribution in [0, 0.1) is 5.41 Å². The molecule has 61 heavy (non-hydrogen) atoms. The third-order valence-corrected chi connectivity index (χ3v) is 9.74. The van der Waals surface area contributed by atoms with E-state index in [2.05, 4.69) is 0 Å². The number of hydrogen-bond donors (Lipinski definition) is 4. The van der Waals surface area contributed by atoms with E-state index in [-0.39, 0.29) is 128 Å². The summed E-state index contributed by atoms with van der Waals surface area (Å²) in [4.78, 5) is 146. The molecule has 4 N–H and O–H groups in total. The lowest BCUT2D eigenvalue weighted by atomic mass is 9.70. The van der Waals surface area contributed by atoms with E-state index in [0.717, 1.165) is 0 Å². The number of esters is 4. The molecule has 0 rings (SSSR count). The lowest BCUT2D eigenvalue weighted by Gasteiger charge is -2.35. The summed E-state index contributed by atoms with van der Waals surface area (Å²) < 4.78 is 20.8. The Labute approximate surface area is 353 Å². The van der Waals surface area contributed by atoms with Crippen LogP contribution in [0.3, 0.4) is 0 Å². The lowest BCUT2D eigenvalue weighted by molar-refractivity contribution is -0.154. The second kappa shape index (κ2) is 29.6. The van der Waals surface area contributed by atoms with Crippen molar-refractivity contribution in [2.45, 2.75) is 181 Å². The summed E-state index contributed by atoms with van der Waals surface area (Å²) in [5.41, 5.74) is -1.22. The number of carbonyl (C=O) groups excluding carboxylic acids is 8. The minimum Gasteiger partial charge on any atom is -0.481 e. The summed E-state index contributed by atoms with van der Waals surface area (Å²) in [6.45, 7) is 5.23. The van der Waals surface area contributed by atoms with Gasteiger partial charge in [0.25, 0.3) is 0 Å². The van der Waals surface area contributed by atoms with Crippen LogP contribution in [0.2, 0.25) is 0 Å². The molecule has 20 heteroatoms. The number of carboxylic acid groups (broad SMARTS) is 4. The van der Waals surface area contributed by atoms with E-state index in [1.54, 1.807) is 0 Å². The van der Waals surface area contributed by atoms with Crippen molar-refractivity contribution >= 4 is 70.9 Å². The number of ketones is 4. The Kier molecular flexibility index (Phi) is 26.9. The highest BCUT2D eigenvalue weighted by Crippen LogP contribution is 2.41. The highest BCUT2D eigenvalue weighted by molar-refractivity contribution is 5.88. The first-order chi connectivity index (χ1) is 28.5. The molecule has 0 aromatic carbocycles. The highest BCUT2D eigenvalue weighted by atomic mass is 16.6. The second-order valence-electron chi connectivity index (χ2n) is 14.9. The molecular formula is C41H60O20. The topological polar surface area (TPSA) is 323 Å². The van der Waals surface area contributed by atoms with Crippen LogP contribution in [0.1, 0.15) is 156 Å². The van der Waals surface area contributed by atoms with Gasteiger partial charge in [-0.2, -0.15) is 0 Å². The largest absolute Gasteiger partial charge is 0.481 e. The molecule has 0 saturated carbocycles. The van der Waals surface area contributed by atoms with Crippen molar-refractivity contribution in [2.75, 3.05) is 0 Å². The zero-order valence-electron chi connectivity index (χ0n) is 35.3. The van der Waals surface area contributed by atoms with Crippen molar-refractivity contribution in [1.82, 2.24) is 0 Å². The average molecular weight is 873 g/mol. The van der Waals surface area contributed by atoms with Gasteiger partial charge in [0.1, 0.15) is 0 Å². The van der Waals surface area contributed by atoms with Gasteiger partial charge in [-0.05, 0) is 84.5 Å². The summed E-state index contributed by atoms with van der Waals surface area (Å²) in [5.74, 6) is -10.1. The molecule has 0 radical (unpaired) electrons. The van der Waals surface area contributed by atoms with E-state index in [4.69, 9.17) is 39.4 Å². The van der Waals surface area contributed by atoms with Gasteiger partial charge in [-0.3, -0.25) is 57.5 Å². The van der Waals surface area contributed by atoms with Crippen LogP contribution in [0.4, 0.5) is 0 Å². The first-order valence-electron chi connectivity index (χ1n) is 20.2. The van der Waals surface area contributed by atoms with Crippen LogP contribution >= 0.6 is 0 Å². The fourth-order valence-corrected chi connectivity index (χ4v) is 5.94. The molecule has 344 valence electrons. The van der Waals surface area contributed by atoms with E-state index in [1.807, 2.05) is 0 Å². The van der Waals surface area contributed by atoms with Gasteiger partial charge in [-0.1, -0.05) is 0 Å². The van der Waals surface area contributed by atoms with Crippen LogP contribution in [-0.4, -0.2) is 116 Å². The van der Waals surface area contributed by atoms with E-state index >= 15 is 0 Å². The molecular weight excluding hydrogens is 812 g/mol. The molecule has 4 atom stereocenters. The van der Waals surface area contributed by atoms with E-state index in [9.17, 15) is 57.5 Å².